The molecule has 0 saturated carbocycles. The van der Waals surface area contributed by atoms with Crippen LogP contribution in [0.25, 0.3) is 0 Å². The monoisotopic (exact) mass is 391 g/mol. The van der Waals surface area contributed by atoms with Crippen LogP contribution >= 0.6 is 0 Å². The molecule has 0 radical (unpaired) electrons. The van der Waals surface area contributed by atoms with E-state index in [4.69, 9.17) is 9.73 Å². The number of anilines is 1. The Balaban J connectivity index is 1.50. The minimum absolute atomic E-state index is 0.185. The Bertz CT molecular complexity index is 610. The molecule has 156 valence electrons. The summed E-state index contributed by atoms with van der Waals surface area (Å²) in [5.74, 6) is 1.34. The molecule has 1 unspecified atom stereocenters. The van der Waals surface area contributed by atoms with Gasteiger partial charge in [-0.1, -0.05) is 6.92 Å². The average molecular weight is 392 g/mol. The van der Waals surface area contributed by atoms with Crippen LogP contribution in [0, 0.1) is 11.7 Å². The molecule has 2 fully saturated rings. The number of hydrogen-bond acceptors (Lipinski definition) is 4. The van der Waals surface area contributed by atoms with Crippen molar-refractivity contribution in [2.45, 2.75) is 13.8 Å². The zero-order chi connectivity index (χ0) is 19.8. The Morgan fingerprint density at radius 1 is 1.11 bits per heavy atom. The summed E-state index contributed by atoms with van der Waals surface area (Å²) in [7, 11) is 0. The van der Waals surface area contributed by atoms with Gasteiger partial charge in [0.1, 0.15) is 5.82 Å². The Morgan fingerprint density at radius 3 is 2.43 bits per heavy atom. The highest BCUT2D eigenvalue weighted by molar-refractivity contribution is 5.80. The molecule has 6 nitrogen and oxygen atoms in total. The molecule has 28 heavy (non-hydrogen) atoms. The van der Waals surface area contributed by atoms with E-state index in [1.165, 1.54) is 12.1 Å². The highest BCUT2D eigenvalue weighted by Crippen LogP contribution is 2.17. The van der Waals surface area contributed by atoms with Gasteiger partial charge in [-0.05, 0) is 37.1 Å². The van der Waals surface area contributed by atoms with Crippen LogP contribution in [-0.2, 0) is 4.74 Å². The van der Waals surface area contributed by atoms with E-state index in [0.717, 1.165) is 83.8 Å². The first-order valence-electron chi connectivity index (χ1n) is 10.5. The Labute approximate surface area is 168 Å². The lowest BCUT2D eigenvalue weighted by Gasteiger charge is -2.38. The van der Waals surface area contributed by atoms with Gasteiger partial charge in [-0.3, -0.25) is 9.89 Å². The number of hydrogen-bond donors (Lipinski definition) is 1. The van der Waals surface area contributed by atoms with E-state index in [1.807, 2.05) is 12.1 Å². The summed E-state index contributed by atoms with van der Waals surface area (Å²) in [5, 5.41) is 3.45. The molecule has 2 saturated heterocycles. The molecule has 1 aromatic carbocycles. The van der Waals surface area contributed by atoms with Crippen molar-refractivity contribution < 1.29 is 9.13 Å². The first-order chi connectivity index (χ1) is 13.7. The van der Waals surface area contributed by atoms with E-state index < -0.39 is 0 Å². The van der Waals surface area contributed by atoms with Crippen LogP contribution < -0.4 is 10.2 Å². The smallest absolute Gasteiger partial charge is 0.194 e. The second kappa shape index (κ2) is 10.6. The molecule has 0 amide bonds. The summed E-state index contributed by atoms with van der Waals surface area (Å²) in [6.07, 6.45) is 0. The molecule has 2 aliphatic heterocycles. The Kier molecular flexibility index (Phi) is 7.91. The van der Waals surface area contributed by atoms with Gasteiger partial charge >= 0.3 is 0 Å². The zero-order valence-electron chi connectivity index (χ0n) is 17.2. The van der Waals surface area contributed by atoms with E-state index in [0.29, 0.717) is 5.92 Å². The normalized spacial score (nSPS) is 20.3. The summed E-state index contributed by atoms with van der Waals surface area (Å²) in [4.78, 5) is 12.0. The van der Waals surface area contributed by atoms with Crippen LogP contribution in [0.3, 0.4) is 0 Å². The second-order valence-electron chi connectivity index (χ2n) is 7.66. The number of piperazine rings is 1. The third-order valence-electron chi connectivity index (χ3n) is 5.33. The molecule has 1 aromatic rings. The molecule has 0 bridgehead atoms. The standard InChI is InChI=1S/C21H34FN5O/c1-3-23-21(24-16-18(2)17-25-12-14-28-15-13-25)27-10-8-26(9-11-27)20-6-4-19(22)5-7-20/h4-7,18H,3,8-17H2,1-2H3,(H,23,24). The van der Waals surface area contributed by atoms with Crippen molar-refractivity contribution >= 4 is 11.6 Å². The van der Waals surface area contributed by atoms with Crippen LogP contribution in [0.2, 0.25) is 0 Å². The number of guanidine groups is 1. The van der Waals surface area contributed by atoms with Crippen molar-refractivity contribution in [3.8, 4) is 0 Å². The average Bonchev–Trinajstić information content (AvgIpc) is 2.73. The Morgan fingerprint density at radius 2 is 1.79 bits per heavy atom. The maximum absolute atomic E-state index is 13.1. The molecule has 0 spiro atoms. The highest BCUT2D eigenvalue weighted by Gasteiger charge is 2.20. The lowest BCUT2D eigenvalue weighted by atomic mass is 10.1. The van der Waals surface area contributed by atoms with Gasteiger partial charge < -0.3 is 19.9 Å². The predicted octanol–water partition coefficient (Wildman–Crippen LogP) is 1.88. The molecule has 2 heterocycles. The molecule has 0 aromatic heterocycles. The number of morpholine rings is 1. The summed E-state index contributed by atoms with van der Waals surface area (Å²) in [6, 6.07) is 6.78. The zero-order valence-corrected chi connectivity index (χ0v) is 17.2. The van der Waals surface area contributed by atoms with Crippen molar-refractivity contribution in [2.24, 2.45) is 10.9 Å². The van der Waals surface area contributed by atoms with Crippen LogP contribution in [0.15, 0.2) is 29.3 Å². The van der Waals surface area contributed by atoms with Gasteiger partial charge in [0, 0.05) is 64.6 Å². The first kappa shape index (κ1) is 20.9. The number of halogens is 1. The summed E-state index contributed by atoms with van der Waals surface area (Å²) in [5.41, 5.74) is 1.09. The number of ether oxygens (including phenoxy) is 1. The van der Waals surface area contributed by atoms with Crippen molar-refractivity contribution in [1.29, 1.82) is 0 Å². The third-order valence-corrected chi connectivity index (χ3v) is 5.33. The molecule has 2 aliphatic rings. The fraction of sp³-hybridized carbons (Fsp3) is 0.667. The molecule has 1 atom stereocenters. The second-order valence-corrected chi connectivity index (χ2v) is 7.66. The van der Waals surface area contributed by atoms with Gasteiger partial charge in [-0.25, -0.2) is 4.39 Å². The largest absolute Gasteiger partial charge is 0.379 e. The number of benzene rings is 1. The topological polar surface area (TPSA) is 43.3 Å². The van der Waals surface area contributed by atoms with E-state index in [-0.39, 0.29) is 5.82 Å². The molecule has 1 N–H and O–H groups in total. The van der Waals surface area contributed by atoms with Crippen molar-refractivity contribution in [3.05, 3.63) is 30.1 Å². The molecule has 7 heteroatoms. The molecular formula is C21H34FN5O. The quantitative estimate of drug-likeness (QED) is 0.593. The van der Waals surface area contributed by atoms with Gasteiger partial charge in [0.15, 0.2) is 5.96 Å². The fourth-order valence-corrected chi connectivity index (χ4v) is 3.78. The lowest BCUT2D eigenvalue weighted by molar-refractivity contribution is 0.0323. The van der Waals surface area contributed by atoms with Crippen molar-refractivity contribution in [1.82, 2.24) is 15.1 Å². The van der Waals surface area contributed by atoms with Crippen molar-refractivity contribution in [2.75, 3.05) is 77.0 Å². The maximum Gasteiger partial charge on any atom is 0.194 e. The minimum atomic E-state index is -0.185. The number of aliphatic imine (C=N–C) groups is 1. The van der Waals surface area contributed by atoms with Gasteiger partial charge in [-0.2, -0.15) is 0 Å². The summed E-state index contributed by atoms with van der Waals surface area (Å²) < 4.78 is 18.6. The van der Waals surface area contributed by atoms with Crippen LogP contribution in [0.4, 0.5) is 10.1 Å². The number of nitrogens with zero attached hydrogens (tertiary/aromatic N) is 4. The fourth-order valence-electron chi connectivity index (χ4n) is 3.78. The van der Waals surface area contributed by atoms with E-state index >= 15 is 0 Å². The SMILES string of the molecule is CCNC(=NCC(C)CN1CCOCC1)N1CCN(c2ccc(F)cc2)CC1. The van der Waals surface area contributed by atoms with E-state index in [1.54, 1.807) is 0 Å². The van der Waals surface area contributed by atoms with Gasteiger partial charge in [0.25, 0.3) is 0 Å². The van der Waals surface area contributed by atoms with E-state index in [9.17, 15) is 4.39 Å². The predicted molar refractivity (Wildman–Crippen MR) is 113 cm³/mol. The van der Waals surface area contributed by atoms with Gasteiger partial charge in [0.2, 0.25) is 0 Å². The van der Waals surface area contributed by atoms with Crippen LogP contribution in [0.5, 0.6) is 0 Å². The highest BCUT2D eigenvalue weighted by atomic mass is 19.1. The number of rotatable bonds is 6. The Hall–Kier alpha value is -1.86. The van der Waals surface area contributed by atoms with Crippen LogP contribution in [0.1, 0.15) is 13.8 Å². The van der Waals surface area contributed by atoms with Gasteiger partial charge in [0.05, 0.1) is 13.2 Å². The van der Waals surface area contributed by atoms with Gasteiger partial charge in [-0.15, -0.1) is 0 Å². The molecule has 3 rings (SSSR count). The summed E-state index contributed by atoms with van der Waals surface area (Å²) in [6.45, 7) is 14.6. The lowest BCUT2D eigenvalue weighted by Crippen LogP contribution is -2.52. The van der Waals surface area contributed by atoms with Crippen molar-refractivity contribution in [3.63, 3.8) is 0 Å². The minimum Gasteiger partial charge on any atom is -0.379 e. The number of nitrogens with one attached hydrogen (secondary N) is 1. The van der Waals surface area contributed by atoms with E-state index in [2.05, 4.69) is 33.9 Å². The van der Waals surface area contributed by atoms with Crippen LogP contribution in [-0.4, -0.2) is 87.9 Å². The molecule has 0 aliphatic carbocycles. The first-order valence-corrected chi connectivity index (χ1v) is 10.5. The maximum atomic E-state index is 13.1. The summed E-state index contributed by atoms with van der Waals surface area (Å²) >= 11 is 0. The molecular weight excluding hydrogens is 357 g/mol. The third kappa shape index (κ3) is 6.07.